The molecule has 0 radical (unpaired) electrons. The highest BCUT2D eigenvalue weighted by atomic mass is 32.2. The van der Waals surface area contributed by atoms with Gasteiger partial charge >= 0.3 is 5.97 Å². The van der Waals surface area contributed by atoms with E-state index in [0.717, 1.165) is 0 Å². The van der Waals surface area contributed by atoms with Gasteiger partial charge in [-0.2, -0.15) is 5.26 Å². The van der Waals surface area contributed by atoms with Gasteiger partial charge in [-0.05, 0) is 44.2 Å². The first-order valence-electron chi connectivity index (χ1n) is 11.2. The van der Waals surface area contributed by atoms with Gasteiger partial charge < -0.3 is 20.8 Å². The van der Waals surface area contributed by atoms with Crippen LogP contribution in [0.25, 0.3) is 0 Å². The molecule has 4 rings (SSSR count). The third-order valence-electron chi connectivity index (χ3n) is 7.89. The number of nitrogens with two attached hydrogens (primary N) is 1. The normalized spacial score (nSPS) is 33.8. The van der Waals surface area contributed by atoms with Gasteiger partial charge in [0.05, 0.1) is 33.7 Å². The lowest BCUT2D eigenvalue weighted by atomic mass is 9.70. The minimum atomic E-state index is -3.99. The fourth-order valence-corrected chi connectivity index (χ4v) is 7.71. The van der Waals surface area contributed by atoms with E-state index in [9.17, 15) is 38.3 Å². The zero-order chi connectivity index (χ0) is 24.9. The molecule has 2 amide bonds. The number of hydrogen-bond donors (Lipinski definition) is 3. The van der Waals surface area contributed by atoms with E-state index < -0.39 is 68.1 Å². The van der Waals surface area contributed by atoms with Crippen molar-refractivity contribution in [1.82, 2.24) is 4.90 Å². The Morgan fingerprint density at radius 3 is 2.24 bits per heavy atom. The average molecular weight is 490 g/mol. The molecule has 34 heavy (non-hydrogen) atoms. The summed E-state index contributed by atoms with van der Waals surface area (Å²) < 4.78 is 26.9. The molecule has 2 saturated carbocycles. The molecule has 5 atom stereocenters. The van der Waals surface area contributed by atoms with Gasteiger partial charge in [-0.3, -0.25) is 14.4 Å². The lowest BCUT2D eigenvalue weighted by molar-refractivity contribution is -0.161. The predicted molar refractivity (Wildman–Crippen MR) is 117 cm³/mol. The maximum Gasteiger partial charge on any atom is 0.310 e. The van der Waals surface area contributed by atoms with Gasteiger partial charge in [-0.1, -0.05) is 18.2 Å². The van der Waals surface area contributed by atoms with E-state index in [4.69, 9.17) is 5.73 Å². The highest BCUT2D eigenvalue weighted by molar-refractivity contribution is 7.92. The van der Waals surface area contributed by atoms with Gasteiger partial charge in [0.25, 0.3) is 0 Å². The van der Waals surface area contributed by atoms with Crippen LogP contribution in [0.15, 0.2) is 35.2 Å². The Morgan fingerprint density at radius 2 is 1.74 bits per heavy atom. The van der Waals surface area contributed by atoms with Crippen molar-refractivity contribution in [3.8, 4) is 6.07 Å². The van der Waals surface area contributed by atoms with Gasteiger partial charge in [0, 0.05) is 19.0 Å². The number of carbonyl (C=O) groups excluding carboxylic acids is 2. The quantitative estimate of drug-likeness (QED) is 0.511. The zero-order valence-electron chi connectivity index (χ0n) is 18.5. The number of piperidine rings is 1. The maximum atomic E-state index is 13.6. The molecule has 2 aliphatic carbocycles. The summed E-state index contributed by atoms with van der Waals surface area (Å²) in [4.78, 5) is 40.0. The largest absolute Gasteiger partial charge is 0.481 e. The van der Waals surface area contributed by atoms with Crippen LogP contribution in [0.4, 0.5) is 0 Å². The number of likely N-dealkylation sites (tertiary alicyclic amines) is 1. The van der Waals surface area contributed by atoms with Crippen molar-refractivity contribution in [2.45, 2.75) is 48.4 Å². The summed E-state index contributed by atoms with van der Waals surface area (Å²) in [6, 6.07) is 9.45. The number of carboxylic acid groups (broad SMARTS) is 1. The molecule has 182 valence electrons. The standard InChI is InChI=1S/C23H27N3O7S/c24-13-22(20(25)29)12-18(22)23(21(30)31)11-16(34(32,33)15-4-2-1-3-5-15)10-17(23)19(28)26-8-6-14(27)7-9-26/h1-5,14,16-18,27H,6-12H2,(H2,25,29)(H,30,31)/t16-,17+,18?,22?,23+/m1/s1. The number of sulfone groups is 1. The molecular formula is C23H27N3O7S. The maximum absolute atomic E-state index is 13.6. The Labute approximate surface area is 197 Å². The summed E-state index contributed by atoms with van der Waals surface area (Å²) in [6.45, 7) is 0.429. The number of nitriles is 1. The van der Waals surface area contributed by atoms with E-state index in [2.05, 4.69) is 0 Å². The Hall–Kier alpha value is -2.97. The molecule has 3 aliphatic rings. The fraction of sp³-hybridized carbons (Fsp3) is 0.565. The van der Waals surface area contributed by atoms with E-state index in [1.54, 1.807) is 18.2 Å². The first kappa shape index (κ1) is 24.2. The Kier molecular flexibility index (Phi) is 5.94. The summed E-state index contributed by atoms with van der Waals surface area (Å²) in [5.74, 6) is -5.22. The van der Waals surface area contributed by atoms with Gasteiger partial charge in [0.15, 0.2) is 9.84 Å². The van der Waals surface area contributed by atoms with Crippen LogP contribution in [0.1, 0.15) is 32.1 Å². The molecule has 1 aliphatic heterocycles. The number of benzene rings is 1. The molecule has 0 aromatic heterocycles. The highest BCUT2D eigenvalue weighted by Crippen LogP contribution is 2.68. The first-order valence-corrected chi connectivity index (χ1v) is 12.8. The van der Waals surface area contributed by atoms with Crippen molar-refractivity contribution in [3.05, 3.63) is 30.3 Å². The van der Waals surface area contributed by atoms with Crippen molar-refractivity contribution in [3.63, 3.8) is 0 Å². The lowest BCUT2D eigenvalue weighted by Crippen LogP contribution is -2.50. The lowest BCUT2D eigenvalue weighted by Gasteiger charge is -2.37. The third kappa shape index (κ3) is 3.56. The molecule has 1 saturated heterocycles. The fourth-order valence-electron chi connectivity index (χ4n) is 5.85. The molecule has 1 aromatic carbocycles. The van der Waals surface area contributed by atoms with Crippen LogP contribution in [0.3, 0.4) is 0 Å². The molecule has 1 heterocycles. The van der Waals surface area contributed by atoms with Crippen molar-refractivity contribution < 1.29 is 33.0 Å². The highest BCUT2D eigenvalue weighted by Gasteiger charge is 2.76. The third-order valence-corrected chi connectivity index (χ3v) is 10.1. The molecule has 3 fully saturated rings. The summed E-state index contributed by atoms with van der Waals surface area (Å²) in [6.07, 6.45) is -0.668. The van der Waals surface area contributed by atoms with Crippen LogP contribution in [0.2, 0.25) is 0 Å². The number of nitrogens with zero attached hydrogens (tertiary/aromatic N) is 2. The van der Waals surface area contributed by atoms with Crippen molar-refractivity contribution in [2.24, 2.45) is 28.4 Å². The molecule has 0 spiro atoms. The van der Waals surface area contributed by atoms with Crippen LogP contribution in [0, 0.1) is 34.0 Å². The summed E-state index contributed by atoms with van der Waals surface area (Å²) in [5, 5.41) is 28.7. The molecule has 10 nitrogen and oxygen atoms in total. The molecule has 2 unspecified atom stereocenters. The monoisotopic (exact) mass is 489 g/mol. The van der Waals surface area contributed by atoms with E-state index in [-0.39, 0.29) is 30.8 Å². The van der Waals surface area contributed by atoms with Crippen LogP contribution in [-0.2, 0) is 24.2 Å². The number of amides is 2. The zero-order valence-corrected chi connectivity index (χ0v) is 19.3. The number of aliphatic carboxylic acids is 1. The summed E-state index contributed by atoms with van der Waals surface area (Å²) in [7, 11) is -3.99. The topological polar surface area (TPSA) is 179 Å². The average Bonchev–Trinajstić information content (AvgIpc) is 3.44. The minimum absolute atomic E-state index is 0.0192. The Bertz CT molecular complexity index is 1160. The van der Waals surface area contributed by atoms with E-state index in [1.165, 1.54) is 17.0 Å². The van der Waals surface area contributed by atoms with Crippen molar-refractivity contribution in [1.29, 1.82) is 5.26 Å². The number of aliphatic hydroxyl groups is 1. The minimum Gasteiger partial charge on any atom is -0.481 e. The van der Waals surface area contributed by atoms with Crippen LogP contribution in [0.5, 0.6) is 0 Å². The van der Waals surface area contributed by atoms with Crippen LogP contribution >= 0.6 is 0 Å². The number of primary amides is 1. The van der Waals surface area contributed by atoms with E-state index >= 15 is 0 Å². The summed E-state index contributed by atoms with van der Waals surface area (Å²) in [5.41, 5.74) is 1.78. The van der Waals surface area contributed by atoms with E-state index in [0.29, 0.717) is 12.8 Å². The summed E-state index contributed by atoms with van der Waals surface area (Å²) >= 11 is 0. The number of aliphatic hydroxyl groups excluding tert-OH is 1. The van der Waals surface area contributed by atoms with Crippen LogP contribution < -0.4 is 5.73 Å². The second-order valence-electron chi connectivity index (χ2n) is 9.58. The number of carboxylic acids is 1. The molecule has 0 bridgehead atoms. The van der Waals surface area contributed by atoms with Crippen molar-refractivity contribution >= 4 is 27.6 Å². The second kappa shape index (κ2) is 8.36. The van der Waals surface area contributed by atoms with Gasteiger partial charge in [-0.25, -0.2) is 8.42 Å². The number of rotatable bonds is 6. The Morgan fingerprint density at radius 1 is 1.12 bits per heavy atom. The molecule has 1 aromatic rings. The Balaban J connectivity index is 1.78. The first-order chi connectivity index (χ1) is 16.0. The SMILES string of the molecule is N#CC1(C(N)=O)CC1[C@]1(C(=O)O)C[C@H](S(=O)(=O)c2ccccc2)C[C@H]1C(=O)N1CCC(O)CC1. The number of hydrogen-bond acceptors (Lipinski definition) is 7. The smallest absolute Gasteiger partial charge is 0.310 e. The van der Waals surface area contributed by atoms with Gasteiger partial charge in [0.1, 0.15) is 5.41 Å². The number of carbonyl (C=O) groups is 3. The molecular weight excluding hydrogens is 462 g/mol. The van der Waals surface area contributed by atoms with Crippen LogP contribution in [-0.4, -0.2) is 65.8 Å². The van der Waals surface area contributed by atoms with Gasteiger partial charge in [0.2, 0.25) is 11.8 Å². The second-order valence-corrected chi connectivity index (χ2v) is 11.8. The molecule has 4 N–H and O–H groups in total. The van der Waals surface area contributed by atoms with E-state index in [1.807, 2.05) is 6.07 Å². The van der Waals surface area contributed by atoms with Gasteiger partial charge in [-0.15, -0.1) is 0 Å². The predicted octanol–water partition coefficient (Wildman–Crippen LogP) is 0.308. The van der Waals surface area contributed by atoms with Crippen molar-refractivity contribution in [2.75, 3.05) is 13.1 Å². The molecule has 11 heteroatoms.